The summed E-state index contributed by atoms with van der Waals surface area (Å²) in [6, 6.07) is 9.74. The molecule has 7 nitrogen and oxygen atoms in total. The van der Waals surface area contributed by atoms with E-state index in [1.165, 1.54) is 19.2 Å². The predicted octanol–water partition coefficient (Wildman–Crippen LogP) is 2.71. The highest BCUT2D eigenvalue weighted by atomic mass is 32.2. The van der Waals surface area contributed by atoms with Gasteiger partial charge in [-0.05, 0) is 36.8 Å². The van der Waals surface area contributed by atoms with Crippen molar-refractivity contribution in [3.8, 4) is 5.75 Å². The van der Waals surface area contributed by atoms with Gasteiger partial charge in [0.05, 0.1) is 22.6 Å². The first-order valence-electron chi connectivity index (χ1n) is 6.25. The van der Waals surface area contributed by atoms with Gasteiger partial charge in [0.1, 0.15) is 5.75 Å². The standard InChI is InChI=1S/C14H14N2O5S/c1-10-3-8-14(21-2)13(9-10)15-22(19,20)12-6-4-11(5-7-12)16(17)18/h3-9,15H,1-2H3. The van der Waals surface area contributed by atoms with Crippen molar-refractivity contribution in [1.82, 2.24) is 0 Å². The first kappa shape index (κ1) is 15.8. The number of non-ortho nitro benzene ring substituents is 1. The van der Waals surface area contributed by atoms with Crippen molar-refractivity contribution in [3.05, 3.63) is 58.1 Å². The van der Waals surface area contributed by atoms with Crippen LogP contribution in [-0.4, -0.2) is 20.5 Å². The van der Waals surface area contributed by atoms with Crippen molar-refractivity contribution in [3.63, 3.8) is 0 Å². The highest BCUT2D eigenvalue weighted by Crippen LogP contribution is 2.28. The maximum atomic E-state index is 12.3. The SMILES string of the molecule is COc1ccc(C)cc1NS(=O)(=O)c1ccc([N+](=O)[O-])cc1. The Balaban J connectivity index is 2.35. The first-order chi connectivity index (χ1) is 10.3. The molecule has 0 bridgehead atoms. The third-order valence-corrected chi connectivity index (χ3v) is 4.34. The lowest BCUT2D eigenvalue weighted by Crippen LogP contribution is -2.13. The Morgan fingerprint density at radius 3 is 2.32 bits per heavy atom. The maximum absolute atomic E-state index is 12.3. The van der Waals surface area contributed by atoms with E-state index in [0.29, 0.717) is 11.4 Å². The predicted molar refractivity (Wildman–Crippen MR) is 81.6 cm³/mol. The van der Waals surface area contributed by atoms with Crippen LogP contribution in [0.2, 0.25) is 0 Å². The Morgan fingerprint density at radius 1 is 1.14 bits per heavy atom. The van der Waals surface area contributed by atoms with Gasteiger partial charge >= 0.3 is 0 Å². The molecule has 0 saturated heterocycles. The highest BCUT2D eigenvalue weighted by molar-refractivity contribution is 7.92. The number of anilines is 1. The van der Waals surface area contributed by atoms with Crippen LogP contribution < -0.4 is 9.46 Å². The second kappa shape index (κ2) is 6.02. The van der Waals surface area contributed by atoms with E-state index in [0.717, 1.165) is 17.7 Å². The van der Waals surface area contributed by atoms with Gasteiger partial charge < -0.3 is 4.74 Å². The number of hydrogen-bond acceptors (Lipinski definition) is 5. The molecule has 0 unspecified atom stereocenters. The first-order valence-corrected chi connectivity index (χ1v) is 7.74. The summed E-state index contributed by atoms with van der Waals surface area (Å²) >= 11 is 0. The summed E-state index contributed by atoms with van der Waals surface area (Å²) in [5.41, 5.74) is 0.995. The van der Waals surface area contributed by atoms with Gasteiger partial charge in [-0.1, -0.05) is 6.07 Å². The van der Waals surface area contributed by atoms with Crippen molar-refractivity contribution in [2.45, 2.75) is 11.8 Å². The fourth-order valence-electron chi connectivity index (χ4n) is 1.85. The summed E-state index contributed by atoms with van der Waals surface area (Å²) in [4.78, 5) is 9.94. The van der Waals surface area contributed by atoms with E-state index in [9.17, 15) is 18.5 Å². The summed E-state index contributed by atoms with van der Waals surface area (Å²) in [7, 11) is -2.42. The lowest BCUT2D eigenvalue weighted by Gasteiger charge is -2.12. The molecular weight excluding hydrogens is 308 g/mol. The molecule has 116 valence electrons. The number of ether oxygens (including phenoxy) is 1. The quantitative estimate of drug-likeness (QED) is 0.674. The van der Waals surface area contributed by atoms with Crippen LogP contribution in [0.1, 0.15) is 5.56 Å². The third-order valence-electron chi connectivity index (χ3n) is 2.96. The zero-order valence-electron chi connectivity index (χ0n) is 11.9. The molecule has 0 saturated carbocycles. The minimum atomic E-state index is -3.86. The van der Waals surface area contributed by atoms with Gasteiger partial charge in [-0.3, -0.25) is 14.8 Å². The topological polar surface area (TPSA) is 98.5 Å². The number of rotatable bonds is 5. The smallest absolute Gasteiger partial charge is 0.269 e. The van der Waals surface area contributed by atoms with Gasteiger partial charge in [0.2, 0.25) is 0 Å². The zero-order valence-corrected chi connectivity index (χ0v) is 12.8. The Bertz CT molecular complexity index is 800. The molecule has 1 N–H and O–H groups in total. The minimum Gasteiger partial charge on any atom is -0.495 e. The number of nitrogens with one attached hydrogen (secondary N) is 1. The molecule has 0 aromatic heterocycles. The molecule has 0 spiro atoms. The van der Waals surface area contributed by atoms with Crippen LogP contribution in [0.3, 0.4) is 0 Å². The van der Waals surface area contributed by atoms with Gasteiger partial charge in [0.25, 0.3) is 15.7 Å². The van der Waals surface area contributed by atoms with Crippen LogP contribution in [0, 0.1) is 17.0 Å². The van der Waals surface area contributed by atoms with Crippen molar-refractivity contribution in [1.29, 1.82) is 0 Å². The lowest BCUT2D eigenvalue weighted by atomic mass is 10.2. The molecule has 0 fully saturated rings. The van der Waals surface area contributed by atoms with Gasteiger partial charge in [0, 0.05) is 12.1 Å². The summed E-state index contributed by atoms with van der Waals surface area (Å²) in [5, 5.41) is 10.6. The molecule has 8 heteroatoms. The van der Waals surface area contributed by atoms with E-state index in [1.54, 1.807) is 18.2 Å². The number of nitro groups is 1. The van der Waals surface area contributed by atoms with E-state index in [-0.39, 0.29) is 10.6 Å². The molecule has 2 rings (SSSR count). The molecule has 0 aliphatic carbocycles. The fourth-order valence-corrected chi connectivity index (χ4v) is 2.91. The largest absolute Gasteiger partial charge is 0.495 e. The van der Waals surface area contributed by atoms with Crippen molar-refractivity contribution in [2.75, 3.05) is 11.8 Å². The normalized spacial score (nSPS) is 11.0. The van der Waals surface area contributed by atoms with E-state index in [1.807, 2.05) is 6.92 Å². The Morgan fingerprint density at radius 2 is 1.77 bits per heavy atom. The molecule has 0 atom stereocenters. The summed E-state index contributed by atoms with van der Waals surface area (Å²) < 4.78 is 32.2. The highest BCUT2D eigenvalue weighted by Gasteiger charge is 2.18. The number of nitro benzene ring substituents is 1. The average molecular weight is 322 g/mol. The van der Waals surface area contributed by atoms with Crippen molar-refractivity contribution < 1.29 is 18.1 Å². The minimum absolute atomic E-state index is 0.0679. The summed E-state index contributed by atoms with van der Waals surface area (Å²) in [6.45, 7) is 1.82. The zero-order chi connectivity index (χ0) is 16.3. The molecule has 0 radical (unpaired) electrons. The van der Waals surface area contributed by atoms with Gasteiger partial charge in [-0.2, -0.15) is 0 Å². The average Bonchev–Trinajstić information content (AvgIpc) is 2.47. The molecule has 0 aliphatic heterocycles. The summed E-state index contributed by atoms with van der Waals surface area (Å²) in [6.07, 6.45) is 0. The van der Waals surface area contributed by atoms with Crippen LogP contribution in [0.5, 0.6) is 5.75 Å². The van der Waals surface area contributed by atoms with E-state index in [4.69, 9.17) is 4.74 Å². The number of aryl methyl sites for hydroxylation is 1. The molecule has 2 aromatic carbocycles. The molecule has 22 heavy (non-hydrogen) atoms. The monoisotopic (exact) mass is 322 g/mol. The Kier molecular flexibility index (Phi) is 4.32. The van der Waals surface area contributed by atoms with Gasteiger partial charge in [0.15, 0.2) is 0 Å². The number of benzene rings is 2. The van der Waals surface area contributed by atoms with E-state index >= 15 is 0 Å². The summed E-state index contributed by atoms with van der Waals surface area (Å²) in [5.74, 6) is 0.385. The van der Waals surface area contributed by atoms with Crippen LogP contribution in [0.15, 0.2) is 47.4 Å². The number of sulfonamides is 1. The number of methoxy groups -OCH3 is 1. The van der Waals surface area contributed by atoms with Crippen LogP contribution in [-0.2, 0) is 10.0 Å². The maximum Gasteiger partial charge on any atom is 0.269 e. The van der Waals surface area contributed by atoms with Crippen molar-refractivity contribution >= 4 is 21.4 Å². The Hall–Kier alpha value is -2.61. The Labute approximate surface area is 127 Å². The van der Waals surface area contributed by atoms with Crippen LogP contribution >= 0.6 is 0 Å². The second-order valence-corrected chi connectivity index (χ2v) is 6.24. The lowest BCUT2D eigenvalue weighted by molar-refractivity contribution is -0.384. The molecule has 0 amide bonds. The van der Waals surface area contributed by atoms with E-state index < -0.39 is 14.9 Å². The second-order valence-electron chi connectivity index (χ2n) is 4.56. The van der Waals surface area contributed by atoms with Gasteiger partial charge in [-0.25, -0.2) is 8.42 Å². The van der Waals surface area contributed by atoms with Gasteiger partial charge in [-0.15, -0.1) is 0 Å². The molecular formula is C14H14N2O5S. The van der Waals surface area contributed by atoms with E-state index in [2.05, 4.69) is 4.72 Å². The van der Waals surface area contributed by atoms with Crippen molar-refractivity contribution in [2.24, 2.45) is 0 Å². The fraction of sp³-hybridized carbons (Fsp3) is 0.143. The number of nitrogens with zero attached hydrogens (tertiary/aromatic N) is 1. The molecule has 2 aromatic rings. The van der Waals surface area contributed by atoms with Crippen LogP contribution in [0.4, 0.5) is 11.4 Å². The third kappa shape index (κ3) is 3.34. The molecule has 0 heterocycles. The van der Waals surface area contributed by atoms with Crippen LogP contribution in [0.25, 0.3) is 0 Å². The molecule has 0 aliphatic rings. The number of hydrogen-bond donors (Lipinski definition) is 1.